The molecule has 0 saturated carbocycles. The number of hydrogen-bond donors (Lipinski definition) is 1. The monoisotopic (exact) mass is 214 g/mol. The first-order valence-corrected chi connectivity index (χ1v) is 5.60. The second-order valence-corrected chi connectivity index (χ2v) is 4.44. The van der Waals surface area contributed by atoms with E-state index in [4.69, 9.17) is 0 Å². The molecule has 1 aliphatic heterocycles. The van der Waals surface area contributed by atoms with Crippen LogP contribution in [0.4, 0.5) is 5.69 Å². The second kappa shape index (κ2) is 3.37. The van der Waals surface area contributed by atoms with Gasteiger partial charge in [-0.3, -0.25) is 4.79 Å². The van der Waals surface area contributed by atoms with Crippen molar-refractivity contribution >= 4 is 22.9 Å². The smallest absolute Gasteiger partial charge is 0.166 e. The second-order valence-electron chi connectivity index (χ2n) is 4.44. The summed E-state index contributed by atoms with van der Waals surface area (Å²) >= 11 is 0. The molecule has 2 heterocycles. The van der Waals surface area contributed by atoms with Gasteiger partial charge in [-0.1, -0.05) is 0 Å². The van der Waals surface area contributed by atoms with E-state index in [9.17, 15) is 4.79 Å². The highest BCUT2D eigenvalue weighted by atomic mass is 16.1. The van der Waals surface area contributed by atoms with Gasteiger partial charge in [0.15, 0.2) is 6.29 Å². The number of benzene rings is 1. The van der Waals surface area contributed by atoms with E-state index in [0.717, 1.165) is 30.2 Å². The zero-order valence-corrected chi connectivity index (χ0v) is 9.29. The van der Waals surface area contributed by atoms with Crippen molar-refractivity contribution < 1.29 is 4.79 Å². The van der Waals surface area contributed by atoms with Gasteiger partial charge in [0.25, 0.3) is 0 Å². The molecule has 0 aliphatic carbocycles. The van der Waals surface area contributed by atoms with E-state index in [2.05, 4.69) is 29.1 Å². The molecular formula is C13H14N2O. The molecule has 1 aromatic carbocycles. The average molecular weight is 214 g/mol. The Balaban J connectivity index is 2.23. The van der Waals surface area contributed by atoms with Gasteiger partial charge in [0.05, 0.1) is 5.69 Å². The van der Waals surface area contributed by atoms with E-state index < -0.39 is 0 Å². The lowest BCUT2D eigenvalue weighted by atomic mass is 10.0. The van der Waals surface area contributed by atoms with E-state index in [1.54, 1.807) is 0 Å². The first kappa shape index (κ1) is 9.46. The summed E-state index contributed by atoms with van der Waals surface area (Å²) in [5.41, 5.74) is 4.38. The van der Waals surface area contributed by atoms with Crippen molar-refractivity contribution in [2.45, 2.75) is 12.8 Å². The number of aromatic amines is 1. The van der Waals surface area contributed by atoms with Crippen LogP contribution in [0.2, 0.25) is 0 Å². The fourth-order valence-electron chi connectivity index (χ4n) is 2.49. The lowest BCUT2D eigenvalue weighted by Gasteiger charge is -2.27. The molecule has 0 unspecified atom stereocenters. The number of nitrogens with one attached hydrogen (secondary N) is 1. The van der Waals surface area contributed by atoms with Crippen LogP contribution in [0.3, 0.4) is 0 Å². The number of aryl methyl sites for hydroxylation is 1. The third kappa shape index (κ3) is 1.32. The van der Waals surface area contributed by atoms with Crippen LogP contribution in [0, 0.1) is 0 Å². The molecule has 0 fully saturated rings. The number of aldehydes is 1. The largest absolute Gasteiger partial charge is 0.374 e. The summed E-state index contributed by atoms with van der Waals surface area (Å²) in [5, 5.41) is 1.14. The average Bonchev–Trinajstić information content (AvgIpc) is 2.69. The molecule has 82 valence electrons. The molecule has 3 nitrogen and oxygen atoms in total. The Morgan fingerprint density at radius 3 is 3.06 bits per heavy atom. The summed E-state index contributed by atoms with van der Waals surface area (Å²) < 4.78 is 0. The summed E-state index contributed by atoms with van der Waals surface area (Å²) in [5.74, 6) is 0. The van der Waals surface area contributed by atoms with Gasteiger partial charge in [0.1, 0.15) is 0 Å². The fourth-order valence-corrected chi connectivity index (χ4v) is 2.49. The number of carbonyl (C=O) groups excluding carboxylic acids is 1. The number of aromatic nitrogens is 1. The molecule has 0 radical (unpaired) electrons. The molecule has 16 heavy (non-hydrogen) atoms. The predicted octanol–water partition coefficient (Wildman–Crippen LogP) is 2.36. The Bertz CT molecular complexity index is 556. The number of nitrogens with zero attached hydrogens (tertiary/aromatic N) is 1. The van der Waals surface area contributed by atoms with Crippen LogP contribution in [0.1, 0.15) is 22.5 Å². The van der Waals surface area contributed by atoms with E-state index in [0.29, 0.717) is 5.69 Å². The molecule has 3 rings (SSSR count). The molecule has 0 amide bonds. The maximum atomic E-state index is 10.7. The molecule has 1 N–H and O–H groups in total. The molecule has 1 aromatic heterocycles. The first-order chi connectivity index (χ1) is 7.78. The van der Waals surface area contributed by atoms with Gasteiger partial charge in [0, 0.05) is 30.2 Å². The normalized spacial score (nSPS) is 15.2. The lowest BCUT2D eigenvalue weighted by Crippen LogP contribution is -2.24. The van der Waals surface area contributed by atoms with E-state index in [-0.39, 0.29) is 0 Å². The third-order valence-corrected chi connectivity index (χ3v) is 3.32. The Labute approximate surface area is 94.1 Å². The lowest BCUT2D eigenvalue weighted by molar-refractivity contribution is 0.112. The topological polar surface area (TPSA) is 36.1 Å². The zero-order valence-electron chi connectivity index (χ0n) is 9.29. The van der Waals surface area contributed by atoms with Crippen LogP contribution in [-0.2, 0) is 6.42 Å². The molecule has 3 heteroatoms. The number of carbonyl (C=O) groups is 1. The highest BCUT2D eigenvalue weighted by Gasteiger charge is 2.15. The van der Waals surface area contributed by atoms with Crippen LogP contribution < -0.4 is 4.90 Å². The molecule has 0 bridgehead atoms. The van der Waals surface area contributed by atoms with Crippen molar-refractivity contribution in [2.24, 2.45) is 0 Å². The highest BCUT2D eigenvalue weighted by Crippen LogP contribution is 2.30. The van der Waals surface area contributed by atoms with Crippen LogP contribution in [0.25, 0.3) is 10.9 Å². The Morgan fingerprint density at radius 1 is 1.38 bits per heavy atom. The van der Waals surface area contributed by atoms with Gasteiger partial charge >= 0.3 is 0 Å². The number of anilines is 1. The van der Waals surface area contributed by atoms with Gasteiger partial charge in [0.2, 0.25) is 0 Å². The number of fused-ring (bicyclic) bond motifs is 2. The van der Waals surface area contributed by atoms with Crippen LogP contribution >= 0.6 is 0 Å². The van der Waals surface area contributed by atoms with E-state index in [1.807, 2.05) is 6.07 Å². The van der Waals surface area contributed by atoms with Crippen LogP contribution in [0.15, 0.2) is 18.2 Å². The van der Waals surface area contributed by atoms with Crippen molar-refractivity contribution in [2.75, 3.05) is 18.5 Å². The Kier molecular flexibility index (Phi) is 1.99. The molecular weight excluding hydrogens is 200 g/mol. The van der Waals surface area contributed by atoms with Crippen LogP contribution in [0.5, 0.6) is 0 Å². The van der Waals surface area contributed by atoms with Gasteiger partial charge in [-0.2, -0.15) is 0 Å². The first-order valence-electron chi connectivity index (χ1n) is 5.60. The standard InChI is InChI=1S/C13H14N2O/c1-15-4-2-3-9-5-10-6-11(8-16)14-12(10)7-13(9)15/h5-8,14H,2-4H2,1H3. The van der Waals surface area contributed by atoms with Gasteiger partial charge in [-0.15, -0.1) is 0 Å². The summed E-state index contributed by atoms with van der Waals surface area (Å²) in [6.07, 6.45) is 3.21. The summed E-state index contributed by atoms with van der Waals surface area (Å²) in [4.78, 5) is 16.1. The van der Waals surface area contributed by atoms with Crippen molar-refractivity contribution in [3.63, 3.8) is 0 Å². The van der Waals surface area contributed by atoms with Crippen molar-refractivity contribution in [3.8, 4) is 0 Å². The summed E-state index contributed by atoms with van der Waals surface area (Å²) in [6, 6.07) is 6.26. The minimum Gasteiger partial charge on any atom is -0.374 e. The number of H-pyrrole nitrogens is 1. The van der Waals surface area contributed by atoms with Gasteiger partial charge in [-0.25, -0.2) is 0 Å². The minimum atomic E-state index is 0.653. The summed E-state index contributed by atoms with van der Waals surface area (Å²) in [6.45, 7) is 1.11. The Morgan fingerprint density at radius 2 is 2.25 bits per heavy atom. The molecule has 0 atom stereocenters. The minimum absolute atomic E-state index is 0.653. The SMILES string of the molecule is CN1CCCc2cc3cc(C=O)[nH]c3cc21. The quantitative estimate of drug-likeness (QED) is 0.740. The maximum Gasteiger partial charge on any atom is 0.166 e. The number of rotatable bonds is 1. The maximum absolute atomic E-state index is 10.7. The van der Waals surface area contributed by atoms with Crippen molar-refractivity contribution in [1.29, 1.82) is 0 Å². The third-order valence-electron chi connectivity index (χ3n) is 3.32. The molecule has 2 aromatic rings. The van der Waals surface area contributed by atoms with E-state index >= 15 is 0 Å². The Hall–Kier alpha value is -1.77. The van der Waals surface area contributed by atoms with Crippen molar-refractivity contribution in [3.05, 3.63) is 29.5 Å². The van der Waals surface area contributed by atoms with E-state index in [1.165, 1.54) is 17.7 Å². The van der Waals surface area contributed by atoms with Gasteiger partial charge < -0.3 is 9.88 Å². The predicted molar refractivity (Wildman–Crippen MR) is 65.3 cm³/mol. The fraction of sp³-hybridized carbons (Fsp3) is 0.308. The van der Waals surface area contributed by atoms with Crippen LogP contribution in [-0.4, -0.2) is 24.9 Å². The van der Waals surface area contributed by atoms with Gasteiger partial charge in [-0.05, 0) is 36.6 Å². The molecule has 0 saturated heterocycles. The van der Waals surface area contributed by atoms with Crippen molar-refractivity contribution in [1.82, 2.24) is 4.98 Å². The zero-order chi connectivity index (χ0) is 11.1. The number of hydrogen-bond acceptors (Lipinski definition) is 2. The summed E-state index contributed by atoms with van der Waals surface area (Å²) in [7, 11) is 2.12. The highest BCUT2D eigenvalue weighted by molar-refractivity contribution is 5.91. The molecule has 1 aliphatic rings. The molecule has 0 spiro atoms.